The van der Waals surface area contributed by atoms with E-state index in [1.54, 1.807) is 17.5 Å². The van der Waals surface area contributed by atoms with E-state index < -0.39 is 0 Å². The van der Waals surface area contributed by atoms with E-state index in [2.05, 4.69) is 27.8 Å². The summed E-state index contributed by atoms with van der Waals surface area (Å²) in [6.07, 6.45) is 1.78. The standard InChI is InChI=1S/C23H18N2OS/c26-23(20-8-6-19(7-9-20)18-4-2-1-3-5-18)25-15-17-10-12-24-22(14-17)21-11-13-27-16-21/h1-14,16H,15H2,(H,25,26). The summed E-state index contributed by atoms with van der Waals surface area (Å²) < 4.78 is 0. The van der Waals surface area contributed by atoms with Crippen LogP contribution in [-0.4, -0.2) is 10.9 Å². The Morgan fingerprint density at radius 3 is 2.41 bits per heavy atom. The van der Waals surface area contributed by atoms with Gasteiger partial charge in [-0.3, -0.25) is 9.78 Å². The van der Waals surface area contributed by atoms with E-state index in [1.165, 1.54) is 0 Å². The summed E-state index contributed by atoms with van der Waals surface area (Å²) in [6, 6.07) is 23.8. The highest BCUT2D eigenvalue weighted by Crippen LogP contribution is 2.21. The molecule has 4 aromatic rings. The quantitative estimate of drug-likeness (QED) is 0.510. The van der Waals surface area contributed by atoms with Crippen molar-refractivity contribution in [3.63, 3.8) is 0 Å². The second kappa shape index (κ2) is 7.98. The number of amides is 1. The van der Waals surface area contributed by atoms with Crippen molar-refractivity contribution in [2.45, 2.75) is 6.54 Å². The van der Waals surface area contributed by atoms with Crippen LogP contribution in [0.5, 0.6) is 0 Å². The number of hydrogen-bond acceptors (Lipinski definition) is 3. The first-order chi connectivity index (χ1) is 13.3. The van der Waals surface area contributed by atoms with E-state index in [-0.39, 0.29) is 5.91 Å². The third kappa shape index (κ3) is 4.13. The minimum Gasteiger partial charge on any atom is -0.348 e. The Bertz CT molecular complexity index is 1030. The lowest BCUT2D eigenvalue weighted by Crippen LogP contribution is -2.22. The Morgan fingerprint density at radius 2 is 1.67 bits per heavy atom. The number of pyridine rings is 1. The van der Waals surface area contributed by atoms with Crippen molar-refractivity contribution < 1.29 is 4.79 Å². The minimum absolute atomic E-state index is 0.0801. The van der Waals surface area contributed by atoms with Crippen LogP contribution >= 0.6 is 11.3 Å². The third-order valence-corrected chi connectivity index (χ3v) is 5.03. The van der Waals surface area contributed by atoms with Crippen molar-refractivity contribution in [2.75, 3.05) is 0 Å². The van der Waals surface area contributed by atoms with Gasteiger partial charge in [-0.25, -0.2) is 0 Å². The molecule has 0 fully saturated rings. The van der Waals surface area contributed by atoms with E-state index in [9.17, 15) is 4.79 Å². The van der Waals surface area contributed by atoms with E-state index >= 15 is 0 Å². The molecule has 0 aliphatic rings. The van der Waals surface area contributed by atoms with Gasteiger partial charge in [-0.05, 0) is 52.4 Å². The maximum atomic E-state index is 12.5. The zero-order chi connectivity index (χ0) is 18.5. The Morgan fingerprint density at radius 1 is 0.889 bits per heavy atom. The second-order valence-corrected chi connectivity index (χ2v) is 6.97. The predicted molar refractivity (Wildman–Crippen MR) is 111 cm³/mol. The fraction of sp³-hybridized carbons (Fsp3) is 0.0435. The zero-order valence-electron chi connectivity index (χ0n) is 14.6. The van der Waals surface area contributed by atoms with Gasteiger partial charge >= 0.3 is 0 Å². The van der Waals surface area contributed by atoms with Gasteiger partial charge in [0.2, 0.25) is 0 Å². The highest BCUT2D eigenvalue weighted by molar-refractivity contribution is 7.08. The summed E-state index contributed by atoms with van der Waals surface area (Å²) in [7, 11) is 0. The number of nitrogens with one attached hydrogen (secondary N) is 1. The lowest BCUT2D eigenvalue weighted by molar-refractivity contribution is 0.0951. The summed E-state index contributed by atoms with van der Waals surface area (Å²) in [5, 5.41) is 7.08. The van der Waals surface area contributed by atoms with Gasteiger partial charge in [-0.1, -0.05) is 42.5 Å². The molecule has 3 nitrogen and oxygen atoms in total. The molecule has 0 unspecified atom stereocenters. The van der Waals surface area contributed by atoms with Crippen LogP contribution in [0.2, 0.25) is 0 Å². The van der Waals surface area contributed by atoms with E-state index in [0.717, 1.165) is 27.9 Å². The SMILES string of the molecule is O=C(NCc1ccnc(-c2ccsc2)c1)c1ccc(-c2ccccc2)cc1. The molecule has 0 radical (unpaired) electrons. The topological polar surface area (TPSA) is 42.0 Å². The monoisotopic (exact) mass is 370 g/mol. The first-order valence-electron chi connectivity index (χ1n) is 8.71. The smallest absolute Gasteiger partial charge is 0.251 e. The Balaban J connectivity index is 1.42. The van der Waals surface area contributed by atoms with Crippen LogP contribution in [-0.2, 0) is 6.54 Å². The molecule has 0 aliphatic heterocycles. The molecule has 0 bridgehead atoms. The van der Waals surface area contributed by atoms with Crippen molar-refractivity contribution in [1.82, 2.24) is 10.3 Å². The Kier molecular flexibility index (Phi) is 5.08. The maximum absolute atomic E-state index is 12.5. The summed E-state index contributed by atoms with van der Waals surface area (Å²) in [6.45, 7) is 0.471. The zero-order valence-corrected chi connectivity index (χ0v) is 15.4. The van der Waals surface area contributed by atoms with Gasteiger partial charge in [-0.15, -0.1) is 0 Å². The molecule has 2 heterocycles. The molecular weight excluding hydrogens is 352 g/mol. The van der Waals surface area contributed by atoms with Gasteiger partial charge in [0.25, 0.3) is 5.91 Å². The number of nitrogens with zero attached hydrogens (tertiary/aromatic N) is 1. The average Bonchev–Trinajstić information content (AvgIpc) is 3.28. The van der Waals surface area contributed by atoms with Crippen molar-refractivity contribution in [3.8, 4) is 22.4 Å². The van der Waals surface area contributed by atoms with Crippen LogP contribution in [0.1, 0.15) is 15.9 Å². The molecule has 0 saturated carbocycles. The lowest BCUT2D eigenvalue weighted by Gasteiger charge is -2.08. The molecule has 4 heteroatoms. The van der Waals surface area contributed by atoms with Gasteiger partial charge < -0.3 is 5.32 Å². The van der Waals surface area contributed by atoms with Crippen molar-refractivity contribution in [1.29, 1.82) is 0 Å². The summed E-state index contributed by atoms with van der Waals surface area (Å²) in [4.78, 5) is 16.9. The number of benzene rings is 2. The van der Waals surface area contributed by atoms with Crippen LogP contribution in [0.15, 0.2) is 89.8 Å². The summed E-state index contributed by atoms with van der Waals surface area (Å²) in [5.41, 5.74) is 5.95. The number of carbonyl (C=O) groups excluding carboxylic acids is 1. The van der Waals surface area contributed by atoms with E-state index in [4.69, 9.17) is 0 Å². The maximum Gasteiger partial charge on any atom is 0.251 e. The van der Waals surface area contributed by atoms with Crippen molar-refractivity contribution >= 4 is 17.2 Å². The predicted octanol–water partition coefficient (Wildman–Crippen LogP) is 5.41. The fourth-order valence-electron chi connectivity index (χ4n) is 2.88. The summed E-state index contributed by atoms with van der Waals surface area (Å²) >= 11 is 1.65. The second-order valence-electron chi connectivity index (χ2n) is 6.19. The van der Waals surface area contributed by atoms with Gasteiger partial charge in [0.05, 0.1) is 5.69 Å². The Hall–Kier alpha value is -3.24. The van der Waals surface area contributed by atoms with E-state index in [0.29, 0.717) is 12.1 Å². The first-order valence-corrected chi connectivity index (χ1v) is 9.65. The molecule has 27 heavy (non-hydrogen) atoms. The fourth-order valence-corrected chi connectivity index (χ4v) is 3.53. The number of rotatable bonds is 5. The first kappa shape index (κ1) is 17.2. The highest BCUT2D eigenvalue weighted by Gasteiger charge is 2.07. The molecule has 0 aliphatic carbocycles. The molecule has 0 spiro atoms. The molecule has 0 atom stereocenters. The minimum atomic E-state index is -0.0801. The van der Waals surface area contributed by atoms with Gasteiger partial charge in [-0.2, -0.15) is 11.3 Å². The van der Waals surface area contributed by atoms with Crippen molar-refractivity contribution in [3.05, 3.63) is 101 Å². The van der Waals surface area contributed by atoms with Gasteiger partial charge in [0.15, 0.2) is 0 Å². The lowest BCUT2D eigenvalue weighted by atomic mass is 10.0. The molecule has 2 aromatic heterocycles. The average molecular weight is 370 g/mol. The summed E-state index contributed by atoms with van der Waals surface area (Å²) in [5.74, 6) is -0.0801. The number of thiophene rings is 1. The highest BCUT2D eigenvalue weighted by atomic mass is 32.1. The number of hydrogen-bond donors (Lipinski definition) is 1. The Labute approximate surface area is 162 Å². The van der Waals surface area contributed by atoms with E-state index in [1.807, 2.05) is 66.0 Å². The number of carbonyl (C=O) groups is 1. The van der Waals surface area contributed by atoms with Crippen LogP contribution in [0.4, 0.5) is 0 Å². The third-order valence-electron chi connectivity index (χ3n) is 4.35. The largest absolute Gasteiger partial charge is 0.348 e. The van der Waals surface area contributed by atoms with Gasteiger partial charge in [0.1, 0.15) is 0 Å². The van der Waals surface area contributed by atoms with Crippen LogP contribution in [0, 0.1) is 0 Å². The normalized spacial score (nSPS) is 10.5. The molecule has 2 aromatic carbocycles. The molecular formula is C23H18N2OS. The molecule has 4 rings (SSSR count). The molecule has 1 amide bonds. The van der Waals surface area contributed by atoms with Crippen molar-refractivity contribution in [2.24, 2.45) is 0 Å². The molecule has 1 N–H and O–H groups in total. The van der Waals surface area contributed by atoms with Gasteiger partial charge in [0, 0.05) is 29.2 Å². The van der Waals surface area contributed by atoms with Crippen LogP contribution in [0.3, 0.4) is 0 Å². The van der Waals surface area contributed by atoms with Crippen LogP contribution < -0.4 is 5.32 Å². The van der Waals surface area contributed by atoms with Crippen LogP contribution in [0.25, 0.3) is 22.4 Å². The molecule has 132 valence electrons. The number of aromatic nitrogens is 1. The molecule has 0 saturated heterocycles.